The van der Waals surface area contributed by atoms with Crippen molar-refractivity contribution in [2.45, 2.75) is 19.4 Å². The minimum Gasteiger partial charge on any atom is -0.314 e. The second-order valence-corrected chi connectivity index (χ2v) is 5.02. The van der Waals surface area contributed by atoms with Gasteiger partial charge in [-0.2, -0.15) is 0 Å². The molecule has 1 heterocycles. The summed E-state index contributed by atoms with van der Waals surface area (Å²) in [6, 6.07) is 7.20. The highest BCUT2D eigenvalue weighted by Gasteiger charge is 2.22. The van der Waals surface area contributed by atoms with E-state index in [0.29, 0.717) is 0 Å². The van der Waals surface area contributed by atoms with Gasteiger partial charge in [0.25, 0.3) is 0 Å². The smallest absolute Gasteiger partial charge is 0.123 e. The van der Waals surface area contributed by atoms with Crippen molar-refractivity contribution in [1.29, 1.82) is 0 Å². The van der Waals surface area contributed by atoms with E-state index in [1.807, 2.05) is 13.0 Å². The fourth-order valence-electron chi connectivity index (χ4n) is 2.50. The van der Waals surface area contributed by atoms with Gasteiger partial charge in [-0.15, -0.1) is 31.4 Å². The Balaban J connectivity index is 0.00000180. The molecule has 0 aliphatic carbocycles. The number of hydrogen-bond acceptors (Lipinski definition) is 2. The van der Waals surface area contributed by atoms with Gasteiger partial charge in [0.1, 0.15) is 5.82 Å². The van der Waals surface area contributed by atoms with Crippen LogP contribution in [-0.2, 0) is 0 Å². The highest BCUT2D eigenvalue weighted by molar-refractivity contribution is 5.85. The number of benzene rings is 1. The minimum absolute atomic E-state index is 0. The van der Waals surface area contributed by atoms with Crippen molar-refractivity contribution < 1.29 is 4.39 Å². The number of nitrogens with zero attached hydrogens (tertiary/aromatic N) is 1. The zero-order chi connectivity index (χ0) is 13.0. The fourth-order valence-corrected chi connectivity index (χ4v) is 2.50. The van der Waals surface area contributed by atoms with Gasteiger partial charge < -0.3 is 5.32 Å². The van der Waals surface area contributed by atoms with Crippen LogP contribution >= 0.6 is 24.8 Å². The topological polar surface area (TPSA) is 15.3 Å². The van der Waals surface area contributed by atoms with Gasteiger partial charge in [-0.25, -0.2) is 4.39 Å². The average molecular weight is 321 g/mol. The number of nitrogens with one attached hydrogen (secondary N) is 1. The van der Waals surface area contributed by atoms with Crippen LogP contribution in [0, 0.1) is 5.82 Å². The number of rotatable bonds is 4. The molecule has 1 saturated heterocycles. The Morgan fingerprint density at radius 1 is 1.35 bits per heavy atom. The van der Waals surface area contributed by atoms with Gasteiger partial charge in [0.05, 0.1) is 0 Å². The summed E-state index contributed by atoms with van der Waals surface area (Å²) in [7, 11) is 0. The first-order valence-corrected chi connectivity index (χ1v) is 6.51. The first kappa shape index (κ1) is 19.4. The van der Waals surface area contributed by atoms with Crippen LogP contribution in [0.4, 0.5) is 4.39 Å². The standard InChI is InChI=1S/C15H21FN2.2ClH/c1-12(2)10-15(18-8-6-17-7-9-18)13-4-3-5-14(16)11-13;;/h3-5,11,15,17H,1,6-10H2,2H3;2*1H/t15-;;/m0../s1. The Hall–Kier alpha value is -0.610. The van der Waals surface area contributed by atoms with Crippen LogP contribution in [0.3, 0.4) is 0 Å². The molecular weight excluding hydrogens is 298 g/mol. The van der Waals surface area contributed by atoms with Gasteiger partial charge in [0, 0.05) is 32.2 Å². The minimum atomic E-state index is -0.158. The van der Waals surface area contributed by atoms with E-state index >= 15 is 0 Å². The zero-order valence-electron chi connectivity index (χ0n) is 11.8. The Bertz CT molecular complexity index is 420. The van der Waals surface area contributed by atoms with E-state index in [0.717, 1.165) is 43.7 Å². The summed E-state index contributed by atoms with van der Waals surface area (Å²) in [5.74, 6) is -0.158. The monoisotopic (exact) mass is 320 g/mol. The van der Waals surface area contributed by atoms with Crippen molar-refractivity contribution >= 4 is 24.8 Å². The molecule has 0 bridgehead atoms. The third-order valence-corrected chi connectivity index (χ3v) is 3.37. The van der Waals surface area contributed by atoms with Crippen LogP contribution in [0.25, 0.3) is 0 Å². The number of hydrogen-bond donors (Lipinski definition) is 1. The molecule has 0 saturated carbocycles. The molecule has 0 radical (unpaired) electrons. The lowest BCUT2D eigenvalue weighted by molar-refractivity contribution is 0.172. The van der Waals surface area contributed by atoms with Crippen molar-refractivity contribution in [3.8, 4) is 0 Å². The molecule has 0 spiro atoms. The lowest BCUT2D eigenvalue weighted by Crippen LogP contribution is -2.45. The van der Waals surface area contributed by atoms with Crippen LogP contribution in [0.2, 0.25) is 0 Å². The van der Waals surface area contributed by atoms with E-state index in [1.54, 1.807) is 12.1 Å². The van der Waals surface area contributed by atoms with Crippen molar-refractivity contribution in [1.82, 2.24) is 10.2 Å². The summed E-state index contributed by atoms with van der Waals surface area (Å²) in [4.78, 5) is 2.42. The van der Waals surface area contributed by atoms with E-state index in [2.05, 4.69) is 16.8 Å². The molecule has 1 N–H and O–H groups in total. The second-order valence-electron chi connectivity index (χ2n) is 5.02. The maximum Gasteiger partial charge on any atom is 0.123 e. The van der Waals surface area contributed by atoms with Crippen molar-refractivity contribution in [2.75, 3.05) is 26.2 Å². The Kier molecular flexibility index (Phi) is 9.06. The molecule has 1 fully saturated rings. The van der Waals surface area contributed by atoms with Gasteiger partial charge >= 0.3 is 0 Å². The van der Waals surface area contributed by atoms with Crippen LogP contribution in [-0.4, -0.2) is 31.1 Å². The van der Waals surface area contributed by atoms with Gasteiger partial charge in [-0.1, -0.05) is 17.7 Å². The maximum absolute atomic E-state index is 13.4. The van der Waals surface area contributed by atoms with Gasteiger partial charge in [-0.05, 0) is 31.0 Å². The SMILES string of the molecule is C=C(C)C[C@@H](c1cccc(F)c1)N1CCNCC1.Cl.Cl. The molecular formula is C15H23Cl2FN2. The summed E-state index contributed by atoms with van der Waals surface area (Å²) < 4.78 is 13.4. The van der Waals surface area contributed by atoms with E-state index < -0.39 is 0 Å². The normalized spacial score (nSPS) is 16.7. The first-order chi connectivity index (χ1) is 8.66. The molecule has 0 amide bonds. The highest BCUT2D eigenvalue weighted by atomic mass is 35.5. The van der Waals surface area contributed by atoms with Crippen molar-refractivity contribution in [2.24, 2.45) is 0 Å². The number of halogens is 3. The molecule has 1 aliphatic heterocycles. The Morgan fingerprint density at radius 3 is 2.55 bits per heavy atom. The molecule has 0 unspecified atom stereocenters. The third-order valence-electron chi connectivity index (χ3n) is 3.37. The lowest BCUT2D eigenvalue weighted by Gasteiger charge is -2.35. The molecule has 114 valence electrons. The van der Waals surface area contributed by atoms with Crippen LogP contribution in [0.1, 0.15) is 24.9 Å². The largest absolute Gasteiger partial charge is 0.314 e. The predicted molar refractivity (Wildman–Crippen MR) is 87.5 cm³/mol. The van der Waals surface area contributed by atoms with Crippen LogP contribution in [0.15, 0.2) is 36.4 Å². The molecule has 1 aliphatic rings. The van der Waals surface area contributed by atoms with Gasteiger partial charge in [-0.3, -0.25) is 4.90 Å². The van der Waals surface area contributed by atoms with E-state index in [4.69, 9.17) is 0 Å². The maximum atomic E-state index is 13.4. The van der Waals surface area contributed by atoms with Crippen LogP contribution < -0.4 is 5.32 Å². The van der Waals surface area contributed by atoms with Crippen LogP contribution in [0.5, 0.6) is 0 Å². The molecule has 0 aromatic heterocycles. The Morgan fingerprint density at radius 2 is 2.00 bits per heavy atom. The molecule has 1 atom stereocenters. The quantitative estimate of drug-likeness (QED) is 0.853. The molecule has 5 heteroatoms. The molecule has 20 heavy (non-hydrogen) atoms. The summed E-state index contributed by atoms with van der Waals surface area (Å²) in [5, 5.41) is 3.35. The van der Waals surface area contributed by atoms with E-state index in [1.165, 1.54) is 6.07 Å². The molecule has 1 aromatic carbocycles. The third kappa shape index (κ3) is 5.41. The fraction of sp³-hybridized carbons (Fsp3) is 0.467. The molecule has 1 aromatic rings. The second kappa shape index (κ2) is 9.35. The van der Waals surface area contributed by atoms with Gasteiger partial charge in [0.15, 0.2) is 0 Å². The van der Waals surface area contributed by atoms with Crippen molar-refractivity contribution in [3.05, 3.63) is 47.8 Å². The lowest BCUT2D eigenvalue weighted by atomic mass is 9.98. The molecule has 2 rings (SSSR count). The average Bonchev–Trinajstić information content (AvgIpc) is 2.37. The predicted octanol–water partition coefficient (Wildman–Crippen LogP) is 3.58. The summed E-state index contributed by atoms with van der Waals surface area (Å²) in [5.41, 5.74) is 2.20. The van der Waals surface area contributed by atoms with Gasteiger partial charge in [0.2, 0.25) is 0 Å². The zero-order valence-corrected chi connectivity index (χ0v) is 13.4. The number of piperazine rings is 1. The molecule has 2 nitrogen and oxygen atoms in total. The van der Waals surface area contributed by atoms with Crippen molar-refractivity contribution in [3.63, 3.8) is 0 Å². The summed E-state index contributed by atoms with van der Waals surface area (Å²) >= 11 is 0. The summed E-state index contributed by atoms with van der Waals surface area (Å²) in [6.07, 6.45) is 0.892. The van der Waals surface area contributed by atoms with E-state index in [-0.39, 0.29) is 36.7 Å². The van der Waals surface area contributed by atoms with E-state index in [9.17, 15) is 4.39 Å². The Labute approximate surface area is 133 Å². The first-order valence-electron chi connectivity index (χ1n) is 6.51. The summed E-state index contributed by atoms with van der Waals surface area (Å²) in [6.45, 7) is 10.1. The highest BCUT2D eigenvalue weighted by Crippen LogP contribution is 2.27.